The molecule has 0 aromatic carbocycles. The predicted molar refractivity (Wildman–Crippen MR) is 96.6 cm³/mol. The molecular formula is C17H25N5S. The molecule has 23 heavy (non-hydrogen) atoms. The molecule has 0 saturated carbocycles. The Hall–Kier alpha value is -1.69. The molecule has 3 heterocycles. The summed E-state index contributed by atoms with van der Waals surface area (Å²) >= 11 is 1.69. The molecule has 5 nitrogen and oxygen atoms in total. The molecule has 0 bridgehead atoms. The summed E-state index contributed by atoms with van der Waals surface area (Å²) in [4.78, 5) is 16.2. The van der Waals surface area contributed by atoms with E-state index in [0.29, 0.717) is 12.0 Å². The van der Waals surface area contributed by atoms with E-state index >= 15 is 0 Å². The van der Waals surface area contributed by atoms with Crippen molar-refractivity contribution in [1.29, 1.82) is 0 Å². The molecule has 1 N–H and O–H groups in total. The summed E-state index contributed by atoms with van der Waals surface area (Å²) in [6.45, 7) is 10.4. The molecule has 1 aliphatic rings. The van der Waals surface area contributed by atoms with Crippen LogP contribution < -0.4 is 10.2 Å². The zero-order valence-electron chi connectivity index (χ0n) is 14.3. The molecule has 2 aromatic rings. The van der Waals surface area contributed by atoms with Crippen LogP contribution in [0.2, 0.25) is 0 Å². The van der Waals surface area contributed by atoms with Crippen LogP contribution in [0.15, 0.2) is 11.4 Å². The lowest BCUT2D eigenvalue weighted by atomic mass is 10.1. The predicted octanol–water partition coefficient (Wildman–Crippen LogP) is 3.75. The van der Waals surface area contributed by atoms with Crippen molar-refractivity contribution in [3.63, 3.8) is 0 Å². The molecule has 0 aliphatic carbocycles. The normalized spacial score (nSPS) is 16.1. The number of anilines is 2. The van der Waals surface area contributed by atoms with Gasteiger partial charge in [0.25, 0.3) is 0 Å². The lowest BCUT2D eigenvalue weighted by molar-refractivity contribution is 0.522. The molecule has 0 amide bonds. The zero-order chi connectivity index (χ0) is 16.4. The van der Waals surface area contributed by atoms with Gasteiger partial charge in [-0.05, 0) is 26.7 Å². The van der Waals surface area contributed by atoms with Crippen LogP contribution in [0.4, 0.5) is 10.9 Å². The zero-order valence-corrected chi connectivity index (χ0v) is 15.2. The van der Waals surface area contributed by atoms with E-state index in [9.17, 15) is 0 Å². The fraction of sp³-hybridized carbons (Fsp3) is 0.588. The van der Waals surface area contributed by atoms with E-state index in [1.54, 1.807) is 11.3 Å². The van der Waals surface area contributed by atoms with Gasteiger partial charge in [0, 0.05) is 42.2 Å². The number of piperidine rings is 1. The van der Waals surface area contributed by atoms with Crippen molar-refractivity contribution in [2.75, 3.05) is 23.3 Å². The summed E-state index contributed by atoms with van der Waals surface area (Å²) in [7, 11) is 0. The maximum atomic E-state index is 4.75. The maximum Gasteiger partial charge on any atom is 0.183 e. The molecule has 0 atom stereocenters. The minimum Gasteiger partial charge on any atom is -0.359 e. The van der Waals surface area contributed by atoms with Gasteiger partial charge in [0.1, 0.15) is 11.6 Å². The second kappa shape index (κ2) is 6.83. The van der Waals surface area contributed by atoms with Gasteiger partial charge in [-0.2, -0.15) is 0 Å². The quantitative estimate of drug-likeness (QED) is 0.924. The summed E-state index contributed by atoms with van der Waals surface area (Å²) in [6.07, 6.45) is 2.22. The molecule has 0 unspecified atom stereocenters. The fourth-order valence-electron chi connectivity index (χ4n) is 2.84. The number of aromatic nitrogens is 3. The summed E-state index contributed by atoms with van der Waals surface area (Å²) in [5.41, 5.74) is 2.14. The van der Waals surface area contributed by atoms with Gasteiger partial charge < -0.3 is 10.2 Å². The number of rotatable bonds is 4. The molecular weight excluding hydrogens is 306 g/mol. The molecule has 1 saturated heterocycles. The molecule has 0 spiro atoms. The summed E-state index contributed by atoms with van der Waals surface area (Å²) in [6, 6.07) is 2.60. The van der Waals surface area contributed by atoms with Gasteiger partial charge in [0.2, 0.25) is 0 Å². The summed E-state index contributed by atoms with van der Waals surface area (Å²) < 4.78 is 0. The van der Waals surface area contributed by atoms with E-state index in [1.165, 1.54) is 0 Å². The van der Waals surface area contributed by atoms with E-state index < -0.39 is 0 Å². The topological polar surface area (TPSA) is 53.9 Å². The van der Waals surface area contributed by atoms with Crippen LogP contribution in [0.5, 0.6) is 0 Å². The molecule has 0 radical (unpaired) electrons. The van der Waals surface area contributed by atoms with Crippen LogP contribution in [0, 0.1) is 13.8 Å². The molecule has 3 rings (SSSR count). The molecule has 2 aromatic heterocycles. The number of nitrogens with zero attached hydrogens (tertiary/aromatic N) is 4. The van der Waals surface area contributed by atoms with Crippen LogP contribution in [-0.4, -0.2) is 34.1 Å². The van der Waals surface area contributed by atoms with Crippen molar-refractivity contribution in [3.8, 4) is 0 Å². The highest BCUT2D eigenvalue weighted by Gasteiger charge is 2.21. The Bertz CT molecular complexity index is 659. The minimum atomic E-state index is 0.362. The average molecular weight is 331 g/mol. The number of nitrogens with one attached hydrogen (secondary N) is 1. The van der Waals surface area contributed by atoms with E-state index in [-0.39, 0.29) is 0 Å². The minimum absolute atomic E-state index is 0.362. The van der Waals surface area contributed by atoms with Gasteiger partial charge in [0.15, 0.2) is 5.13 Å². The van der Waals surface area contributed by atoms with Gasteiger partial charge >= 0.3 is 0 Å². The monoisotopic (exact) mass is 331 g/mol. The SMILES string of the molecule is Cc1cc(N2CCC(Nc3nc(C)cs3)CC2)nc(C(C)C)n1. The van der Waals surface area contributed by atoms with Crippen molar-refractivity contribution in [3.05, 3.63) is 28.7 Å². The van der Waals surface area contributed by atoms with Crippen LogP contribution in [0.1, 0.15) is 49.8 Å². The van der Waals surface area contributed by atoms with Crippen molar-refractivity contribution >= 4 is 22.3 Å². The van der Waals surface area contributed by atoms with Crippen molar-refractivity contribution < 1.29 is 0 Å². The Labute approximate surface area is 142 Å². The van der Waals surface area contributed by atoms with Crippen LogP contribution >= 0.6 is 11.3 Å². The van der Waals surface area contributed by atoms with Gasteiger partial charge in [-0.25, -0.2) is 15.0 Å². The van der Waals surface area contributed by atoms with Gasteiger partial charge in [-0.15, -0.1) is 11.3 Å². The lowest BCUT2D eigenvalue weighted by Crippen LogP contribution is -2.39. The van der Waals surface area contributed by atoms with Crippen molar-refractivity contribution in [2.24, 2.45) is 0 Å². The van der Waals surface area contributed by atoms with Crippen molar-refractivity contribution in [2.45, 2.75) is 52.5 Å². The number of hydrogen-bond donors (Lipinski definition) is 1. The average Bonchev–Trinajstić information content (AvgIpc) is 2.92. The van der Waals surface area contributed by atoms with Crippen molar-refractivity contribution in [1.82, 2.24) is 15.0 Å². The number of aryl methyl sites for hydroxylation is 2. The highest BCUT2D eigenvalue weighted by atomic mass is 32.1. The third-order valence-corrected chi connectivity index (χ3v) is 5.03. The molecule has 6 heteroatoms. The second-order valence-corrected chi connectivity index (χ2v) is 7.44. The third kappa shape index (κ3) is 3.99. The summed E-state index contributed by atoms with van der Waals surface area (Å²) in [5, 5.41) is 6.70. The molecule has 1 fully saturated rings. The second-order valence-electron chi connectivity index (χ2n) is 6.58. The Morgan fingerprint density at radius 1 is 1.13 bits per heavy atom. The molecule has 1 aliphatic heterocycles. The Kier molecular flexibility index (Phi) is 4.80. The third-order valence-electron chi connectivity index (χ3n) is 4.14. The lowest BCUT2D eigenvalue weighted by Gasteiger charge is -2.33. The summed E-state index contributed by atoms with van der Waals surface area (Å²) in [5.74, 6) is 2.38. The number of hydrogen-bond acceptors (Lipinski definition) is 6. The van der Waals surface area contributed by atoms with E-state index in [4.69, 9.17) is 4.98 Å². The fourth-order valence-corrected chi connectivity index (χ4v) is 3.61. The van der Waals surface area contributed by atoms with Crippen LogP contribution in [-0.2, 0) is 0 Å². The number of thiazole rings is 1. The molecule has 124 valence electrons. The smallest absolute Gasteiger partial charge is 0.183 e. The highest BCUT2D eigenvalue weighted by molar-refractivity contribution is 7.13. The van der Waals surface area contributed by atoms with Gasteiger partial charge in [0.05, 0.1) is 5.69 Å². The van der Waals surface area contributed by atoms with E-state index in [2.05, 4.69) is 52.4 Å². The first-order valence-electron chi connectivity index (χ1n) is 8.30. The van der Waals surface area contributed by atoms with E-state index in [0.717, 1.165) is 54.1 Å². The first kappa shape index (κ1) is 16.2. The highest BCUT2D eigenvalue weighted by Crippen LogP contribution is 2.24. The maximum absolute atomic E-state index is 4.75. The Balaban J connectivity index is 1.62. The van der Waals surface area contributed by atoms with Crippen LogP contribution in [0.25, 0.3) is 0 Å². The van der Waals surface area contributed by atoms with Crippen LogP contribution in [0.3, 0.4) is 0 Å². The van der Waals surface area contributed by atoms with E-state index in [1.807, 2.05) is 6.92 Å². The van der Waals surface area contributed by atoms with Gasteiger partial charge in [-0.1, -0.05) is 13.8 Å². The Morgan fingerprint density at radius 2 is 1.87 bits per heavy atom. The first-order chi connectivity index (χ1) is 11.0. The van der Waals surface area contributed by atoms with Gasteiger partial charge in [-0.3, -0.25) is 0 Å². The Morgan fingerprint density at radius 3 is 2.48 bits per heavy atom. The standard InChI is InChI=1S/C17H25N5S/c1-11(2)16-18-12(3)9-15(21-16)22-7-5-14(6-8-22)20-17-19-13(4)10-23-17/h9-11,14H,5-8H2,1-4H3,(H,19,20). The first-order valence-corrected chi connectivity index (χ1v) is 9.18. The largest absolute Gasteiger partial charge is 0.359 e.